The number of amides is 2. The molecule has 2 N–H and O–H groups in total. The fourth-order valence-corrected chi connectivity index (χ4v) is 2.88. The zero-order valence-corrected chi connectivity index (χ0v) is 12.8. The van der Waals surface area contributed by atoms with Gasteiger partial charge in [-0.3, -0.25) is 10.1 Å². The number of nitrogens with zero attached hydrogens (tertiary/aromatic N) is 3. The van der Waals surface area contributed by atoms with Crippen molar-refractivity contribution in [2.24, 2.45) is 0 Å². The summed E-state index contributed by atoms with van der Waals surface area (Å²) in [6.07, 6.45) is 5.08. The van der Waals surface area contributed by atoms with E-state index in [1.165, 1.54) is 18.2 Å². The molecule has 1 aromatic carbocycles. The summed E-state index contributed by atoms with van der Waals surface area (Å²) in [6, 6.07) is 3.53. The van der Waals surface area contributed by atoms with Crippen LogP contribution < -0.4 is 5.32 Å². The second-order valence-corrected chi connectivity index (χ2v) is 5.58. The van der Waals surface area contributed by atoms with Crippen LogP contribution in [-0.4, -0.2) is 32.4 Å². The number of carbonyl (C=O) groups is 1. The molecule has 1 aromatic heterocycles. The zero-order valence-electron chi connectivity index (χ0n) is 12.0. The van der Waals surface area contributed by atoms with E-state index in [0.29, 0.717) is 12.2 Å². The first-order valence-electron chi connectivity index (χ1n) is 7.07. The molecule has 2 amide bonds. The number of urea groups is 1. The van der Waals surface area contributed by atoms with Crippen LogP contribution in [0.15, 0.2) is 30.6 Å². The number of non-ortho nitro benzene ring substituents is 1. The van der Waals surface area contributed by atoms with E-state index < -0.39 is 4.92 Å². The van der Waals surface area contributed by atoms with Gasteiger partial charge in [-0.1, -0.05) is 11.6 Å². The van der Waals surface area contributed by atoms with Gasteiger partial charge in [-0.15, -0.1) is 0 Å². The second kappa shape index (κ2) is 6.25. The Hall–Kier alpha value is -2.61. The van der Waals surface area contributed by atoms with Gasteiger partial charge in [-0.05, 0) is 18.9 Å². The van der Waals surface area contributed by atoms with Crippen LogP contribution >= 0.6 is 11.6 Å². The van der Waals surface area contributed by atoms with Crippen molar-refractivity contribution in [1.82, 2.24) is 14.9 Å². The van der Waals surface area contributed by atoms with Gasteiger partial charge in [0.1, 0.15) is 5.82 Å². The lowest BCUT2D eigenvalue weighted by atomic mass is 10.2. The minimum Gasteiger partial charge on any atom is -0.347 e. The molecule has 3 rings (SSSR count). The minimum atomic E-state index is -0.537. The first kappa shape index (κ1) is 15.3. The summed E-state index contributed by atoms with van der Waals surface area (Å²) in [6.45, 7) is 0.613. The van der Waals surface area contributed by atoms with Crippen LogP contribution in [0.25, 0.3) is 0 Å². The number of likely N-dealkylation sites (tertiary alicyclic amines) is 1. The monoisotopic (exact) mass is 335 g/mol. The standard InChI is InChI=1S/C14H14ClN5O3/c15-10-8-9(20(22)23)3-4-11(10)18-14(21)19-7-1-2-12(19)13-16-5-6-17-13/h3-6,8,12H,1-2,7H2,(H,16,17)(H,18,21). The Labute approximate surface area is 136 Å². The van der Waals surface area contributed by atoms with Crippen LogP contribution in [0.5, 0.6) is 0 Å². The van der Waals surface area contributed by atoms with Crippen molar-refractivity contribution >= 4 is 29.0 Å². The molecule has 0 saturated carbocycles. The normalized spacial score (nSPS) is 17.3. The van der Waals surface area contributed by atoms with Crippen molar-refractivity contribution in [3.05, 3.63) is 51.6 Å². The van der Waals surface area contributed by atoms with Gasteiger partial charge in [0.15, 0.2) is 0 Å². The zero-order chi connectivity index (χ0) is 16.4. The van der Waals surface area contributed by atoms with E-state index in [2.05, 4.69) is 15.3 Å². The molecule has 1 unspecified atom stereocenters. The van der Waals surface area contributed by atoms with Gasteiger partial charge in [0.25, 0.3) is 5.69 Å². The smallest absolute Gasteiger partial charge is 0.322 e. The summed E-state index contributed by atoms with van der Waals surface area (Å²) < 4.78 is 0. The van der Waals surface area contributed by atoms with E-state index in [-0.39, 0.29) is 22.8 Å². The third-order valence-corrected chi connectivity index (χ3v) is 4.07. The first-order valence-corrected chi connectivity index (χ1v) is 7.45. The van der Waals surface area contributed by atoms with Crippen LogP contribution in [0, 0.1) is 10.1 Å². The number of nitro groups is 1. The summed E-state index contributed by atoms with van der Waals surface area (Å²) >= 11 is 6.00. The average molecular weight is 336 g/mol. The SMILES string of the molecule is O=C(Nc1ccc([N+](=O)[O-])cc1Cl)N1CCCC1c1ncc[nH]1. The molecule has 2 aromatic rings. The summed E-state index contributed by atoms with van der Waals surface area (Å²) in [5.74, 6) is 0.743. The number of imidazole rings is 1. The van der Waals surface area contributed by atoms with E-state index in [1.807, 2.05) is 0 Å². The van der Waals surface area contributed by atoms with Gasteiger partial charge in [-0.25, -0.2) is 9.78 Å². The quantitative estimate of drug-likeness (QED) is 0.663. The molecule has 2 heterocycles. The number of H-pyrrole nitrogens is 1. The average Bonchev–Trinajstić information content (AvgIpc) is 3.19. The number of nitro benzene ring substituents is 1. The third kappa shape index (κ3) is 3.11. The van der Waals surface area contributed by atoms with E-state index >= 15 is 0 Å². The highest BCUT2D eigenvalue weighted by atomic mass is 35.5. The molecule has 0 radical (unpaired) electrons. The van der Waals surface area contributed by atoms with Crippen LogP contribution in [-0.2, 0) is 0 Å². The van der Waals surface area contributed by atoms with Crippen LogP contribution in [0.2, 0.25) is 5.02 Å². The molecule has 1 atom stereocenters. The number of anilines is 1. The van der Waals surface area contributed by atoms with Crippen LogP contribution in [0.1, 0.15) is 24.7 Å². The van der Waals surface area contributed by atoms with Gasteiger partial charge in [-0.2, -0.15) is 0 Å². The molecule has 1 fully saturated rings. The number of nitrogens with one attached hydrogen (secondary N) is 2. The topological polar surface area (TPSA) is 104 Å². The Balaban J connectivity index is 1.75. The fraction of sp³-hybridized carbons (Fsp3) is 0.286. The predicted octanol–water partition coefficient (Wildman–Crippen LogP) is 3.34. The van der Waals surface area contributed by atoms with Gasteiger partial charge >= 0.3 is 6.03 Å². The molecule has 23 heavy (non-hydrogen) atoms. The number of benzene rings is 1. The van der Waals surface area contributed by atoms with E-state index in [1.54, 1.807) is 17.3 Å². The summed E-state index contributed by atoms with van der Waals surface area (Å²) in [7, 11) is 0. The molecule has 120 valence electrons. The van der Waals surface area contributed by atoms with Gasteiger partial charge in [0, 0.05) is 31.1 Å². The van der Waals surface area contributed by atoms with Crippen molar-refractivity contribution in [2.75, 3.05) is 11.9 Å². The van der Waals surface area contributed by atoms with E-state index in [0.717, 1.165) is 18.7 Å². The predicted molar refractivity (Wildman–Crippen MR) is 84.4 cm³/mol. The lowest BCUT2D eigenvalue weighted by Gasteiger charge is -2.23. The van der Waals surface area contributed by atoms with Gasteiger partial charge in [0.2, 0.25) is 0 Å². The first-order chi connectivity index (χ1) is 11.1. The second-order valence-electron chi connectivity index (χ2n) is 5.18. The number of rotatable bonds is 3. The molecule has 0 aliphatic carbocycles. The van der Waals surface area contributed by atoms with E-state index in [9.17, 15) is 14.9 Å². The number of hydrogen-bond donors (Lipinski definition) is 2. The lowest BCUT2D eigenvalue weighted by molar-refractivity contribution is -0.384. The van der Waals surface area contributed by atoms with Crippen molar-refractivity contribution in [2.45, 2.75) is 18.9 Å². The van der Waals surface area contributed by atoms with Crippen molar-refractivity contribution < 1.29 is 9.72 Å². The number of aromatic nitrogens is 2. The van der Waals surface area contributed by atoms with Crippen molar-refractivity contribution in [3.8, 4) is 0 Å². The van der Waals surface area contributed by atoms with Gasteiger partial charge in [0.05, 0.1) is 21.7 Å². The maximum absolute atomic E-state index is 12.5. The Morgan fingerprint density at radius 1 is 1.52 bits per heavy atom. The largest absolute Gasteiger partial charge is 0.347 e. The maximum Gasteiger partial charge on any atom is 0.322 e. The molecule has 0 spiro atoms. The summed E-state index contributed by atoms with van der Waals surface area (Å²) in [5, 5.41) is 13.5. The molecule has 1 saturated heterocycles. The van der Waals surface area contributed by atoms with Crippen LogP contribution in [0.4, 0.5) is 16.2 Å². The third-order valence-electron chi connectivity index (χ3n) is 3.75. The lowest BCUT2D eigenvalue weighted by Crippen LogP contribution is -2.34. The molecule has 0 bridgehead atoms. The number of carbonyl (C=O) groups excluding carboxylic acids is 1. The van der Waals surface area contributed by atoms with E-state index in [4.69, 9.17) is 11.6 Å². The Bertz CT molecular complexity index is 734. The summed E-state index contributed by atoms with van der Waals surface area (Å²) in [5.41, 5.74) is 0.218. The molecule has 9 heteroatoms. The molecule has 8 nitrogen and oxygen atoms in total. The Morgan fingerprint density at radius 3 is 3.00 bits per heavy atom. The number of halogens is 1. The highest BCUT2D eigenvalue weighted by Crippen LogP contribution is 2.32. The Morgan fingerprint density at radius 2 is 2.35 bits per heavy atom. The highest BCUT2D eigenvalue weighted by molar-refractivity contribution is 6.33. The molecule has 1 aliphatic rings. The number of hydrogen-bond acceptors (Lipinski definition) is 4. The summed E-state index contributed by atoms with van der Waals surface area (Å²) in [4.78, 5) is 31.6. The molecule has 1 aliphatic heterocycles. The number of aromatic amines is 1. The van der Waals surface area contributed by atoms with Crippen molar-refractivity contribution in [1.29, 1.82) is 0 Å². The maximum atomic E-state index is 12.5. The van der Waals surface area contributed by atoms with Gasteiger partial charge < -0.3 is 15.2 Å². The fourth-order valence-electron chi connectivity index (χ4n) is 2.66. The Kier molecular flexibility index (Phi) is 4.16. The van der Waals surface area contributed by atoms with Crippen LogP contribution in [0.3, 0.4) is 0 Å². The highest BCUT2D eigenvalue weighted by Gasteiger charge is 2.31. The molecular formula is C14H14ClN5O3. The molecular weight excluding hydrogens is 322 g/mol. The minimum absolute atomic E-state index is 0.109. The van der Waals surface area contributed by atoms with Crippen molar-refractivity contribution in [3.63, 3.8) is 0 Å².